The second-order valence-corrected chi connectivity index (χ2v) is 7.94. The molecule has 4 rings (SSSR count). The highest BCUT2D eigenvalue weighted by Crippen LogP contribution is 2.36. The van der Waals surface area contributed by atoms with Crippen molar-refractivity contribution >= 4 is 28.8 Å². The smallest absolute Gasteiger partial charge is 0.270 e. The Morgan fingerprint density at radius 1 is 1.41 bits per heavy atom. The van der Waals surface area contributed by atoms with E-state index in [1.807, 2.05) is 23.1 Å². The first-order valence-electron chi connectivity index (χ1n) is 8.16. The van der Waals surface area contributed by atoms with Gasteiger partial charge in [-0.05, 0) is 11.4 Å². The molecule has 1 aromatic carbocycles. The number of non-ortho nitro benzene ring substituents is 1. The van der Waals surface area contributed by atoms with Gasteiger partial charge in [0.25, 0.3) is 5.69 Å². The molecule has 0 fully saturated rings. The van der Waals surface area contributed by atoms with Crippen molar-refractivity contribution in [2.45, 2.75) is 23.9 Å². The van der Waals surface area contributed by atoms with Gasteiger partial charge < -0.3 is 14.0 Å². The van der Waals surface area contributed by atoms with Crippen LogP contribution in [0.25, 0.3) is 0 Å². The number of hydrogen-bond acceptors (Lipinski definition) is 8. The highest BCUT2D eigenvalue weighted by molar-refractivity contribution is 7.98. The summed E-state index contributed by atoms with van der Waals surface area (Å²) < 4.78 is 12.8. The first kappa shape index (κ1) is 18.0. The molecule has 0 saturated heterocycles. The largest absolute Gasteiger partial charge is 0.467 e. The van der Waals surface area contributed by atoms with Crippen LogP contribution in [0.1, 0.15) is 21.8 Å². The molecule has 8 nitrogen and oxygen atoms in total. The number of nitro benzene ring substituents is 1. The van der Waals surface area contributed by atoms with Crippen molar-refractivity contribution in [3.8, 4) is 5.75 Å². The Hall–Kier alpha value is -2.43. The van der Waals surface area contributed by atoms with E-state index in [1.54, 1.807) is 17.4 Å². The molecule has 0 N–H and O–H groups in total. The quantitative estimate of drug-likeness (QED) is 0.352. The lowest BCUT2D eigenvalue weighted by Crippen LogP contribution is -2.13. The van der Waals surface area contributed by atoms with Gasteiger partial charge >= 0.3 is 0 Å². The maximum atomic E-state index is 11.2. The van der Waals surface area contributed by atoms with Gasteiger partial charge in [-0.2, -0.15) is 0 Å². The molecule has 0 bridgehead atoms. The van der Waals surface area contributed by atoms with E-state index >= 15 is 0 Å². The Bertz CT molecular complexity index is 972. The van der Waals surface area contributed by atoms with E-state index in [2.05, 4.69) is 16.3 Å². The minimum atomic E-state index is -0.398. The number of thiophene rings is 1. The fourth-order valence-corrected chi connectivity index (χ4v) is 4.43. The summed E-state index contributed by atoms with van der Waals surface area (Å²) in [6.07, 6.45) is 0.731. The molecular formula is C17H16N4O4S2. The topological polar surface area (TPSA) is 92.3 Å². The van der Waals surface area contributed by atoms with E-state index in [0.29, 0.717) is 23.7 Å². The van der Waals surface area contributed by atoms with Gasteiger partial charge in [-0.3, -0.25) is 10.1 Å². The molecule has 10 heteroatoms. The van der Waals surface area contributed by atoms with Crippen LogP contribution in [0, 0.1) is 10.1 Å². The van der Waals surface area contributed by atoms with Crippen LogP contribution >= 0.6 is 23.1 Å². The number of fused-ring (bicyclic) bond motifs is 1. The highest BCUT2D eigenvalue weighted by Gasteiger charge is 2.21. The maximum Gasteiger partial charge on any atom is 0.270 e. The third-order valence-electron chi connectivity index (χ3n) is 4.18. The summed E-state index contributed by atoms with van der Waals surface area (Å²) in [6, 6.07) is 7.15. The molecule has 3 heterocycles. The molecule has 0 aliphatic carbocycles. The number of nitrogens with zero attached hydrogens (tertiary/aromatic N) is 4. The number of hydrogen-bond donors (Lipinski definition) is 0. The second kappa shape index (κ2) is 7.67. The third-order valence-corrected chi connectivity index (χ3v) is 6.12. The van der Waals surface area contributed by atoms with Gasteiger partial charge in [0.1, 0.15) is 11.6 Å². The zero-order valence-electron chi connectivity index (χ0n) is 14.5. The number of rotatable bonds is 6. The number of ether oxygens (including phenoxy) is 2. The molecule has 1 aliphatic heterocycles. The Morgan fingerprint density at radius 2 is 2.30 bits per heavy atom. The second-order valence-electron chi connectivity index (χ2n) is 5.96. The molecule has 140 valence electrons. The molecule has 0 amide bonds. The Balaban J connectivity index is 1.54. The van der Waals surface area contributed by atoms with Crippen LogP contribution in [0.5, 0.6) is 5.75 Å². The summed E-state index contributed by atoms with van der Waals surface area (Å²) in [5.41, 5.74) is 1.49. The Kier molecular flexibility index (Phi) is 5.10. The predicted molar refractivity (Wildman–Crippen MR) is 101 cm³/mol. The maximum absolute atomic E-state index is 11.2. The minimum Gasteiger partial charge on any atom is -0.467 e. The Morgan fingerprint density at radius 3 is 3.07 bits per heavy atom. The number of nitro groups is 1. The lowest BCUT2D eigenvalue weighted by molar-refractivity contribution is -0.385. The van der Waals surface area contributed by atoms with Crippen LogP contribution in [0.15, 0.2) is 34.8 Å². The lowest BCUT2D eigenvalue weighted by Gasteiger charge is -2.20. The molecule has 0 spiro atoms. The number of benzene rings is 1. The molecule has 0 saturated carbocycles. The van der Waals surface area contributed by atoms with E-state index in [4.69, 9.17) is 9.47 Å². The molecule has 1 aliphatic rings. The van der Waals surface area contributed by atoms with Crippen molar-refractivity contribution in [1.29, 1.82) is 0 Å². The minimum absolute atomic E-state index is 0.0369. The zero-order chi connectivity index (χ0) is 18.8. The van der Waals surface area contributed by atoms with Crippen molar-refractivity contribution in [3.63, 3.8) is 0 Å². The summed E-state index contributed by atoms with van der Waals surface area (Å²) in [7, 11) is 1.93. The SMILES string of the molecule is Cn1c(Cc2cccs2)nnc1SCc1cc([N+](=O)[O-])cc2c1OCOC2. The van der Waals surface area contributed by atoms with Gasteiger partial charge in [0, 0.05) is 47.4 Å². The van der Waals surface area contributed by atoms with Crippen molar-refractivity contribution < 1.29 is 14.4 Å². The third kappa shape index (κ3) is 3.82. The first-order valence-corrected chi connectivity index (χ1v) is 10.0. The predicted octanol–water partition coefficient (Wildman–Crippen LogP) is 3.53. The van der Waals surface area contributed by atoms with Gasteiger partial charge in [0.05, 0.1) is 11.5 Å². The highest BCUT2D eigenvalue weighted by atomic mass is 32.2. The molecular weight excluding hydrogens is 388 g/mol. The first-order chi connectivity index (χ1) is 13.1. The summed E-state index contributed by atoms with van der Waals surface area (Å²) in [5, 5.41) is 22.5. The van der Waals surface area contributed by atoms with E-state index in [-0.39, 0.29) is 12.5 Å². The van der Waals surface area contributed by atoms with E-state index in [9.17, 15) is 10.1 Å². The van der Waals surface area contributed by atoms with Crippen molar-refractivity contribution in [3.05, 3.63) is 61.6 Å². The van der Waals surface area contributed by atoms with Gasteiger partial charge in [-0.25, -0.2) is 0 Å². The fraction of sp³-hybridized carbons (Fsp3) is 0.294. The van der Waals surface area contributed by atoms with Gasteiger partial charge in [0.2, 0.25) is 0 Å². The summed E-state index contributed by atoms with van der Waals surface area (Å²) in [4.78, 5) is 12.0. The molecule has 0 radical (unpaired) electrons. The van der Waals surface area contributed by atoms with Crippen LogP contribution in [0.2, 0.25) is 0 Å². The normalized spacial score (nSPS) is 13.2. The number of thioether (sulfide) groups is 1. The molecule has 0 atom stereocenters. The van der Waals surface area contributed by atoms with Crippen molar-refractivity contribution in [1.82, 2.24) is 14.8 Å². The molecule has 3 aromatic rings. The van der Waals surface area contributed by atoms with Crippen LogP contribution in [0.4, 0.5) is 5.69 Å². The summed E-state index contributed by atoms with van der Waals surface area (Å²) >= 11 is 3.16. The van der Waals surface area contributed by atoms with Crippen molar-refractivity contribution in [2.75, 3.05) is 6.79 Å². The van der Waals surface area contributed by atoms with Crippen LogP contribution < -0.4 is 4.74 Å². The van der Waals surface area contributed by atoms with E-state index in [0.717, 1.165) is 23.0 Å². The lowest BCUT2D eigenvalue weighted by atomic mass is 10.1. The average molecular weight is 404 g/mol. The van der Waals surface area contributed by atoms with Crippen LogP contribution in [-0.2, 0) is 30.6 Å². The van der Waals surface area contributed by atoms with E-state index < -0.39 is 4.92 Å². The zero-order valence-corrected chi connectivity index (χ0v) is 16.1. The van der Waals surface area contributed by atoms with Gasteiger partial charge in [-0.15, -0.1) is 21.5 Å². The van der Waals surface area contributed by atoms with E-state index in [1.165, 1.54) is 22.7 Å². The van der Waals surface area contributed by atoms with Crippen LogP contribution in [-0.4, -0.2) is 26.5 Å². The summed E-state index contributed by atoms with van der Waals surface area (Å²) in [5.74, 6) is 2.04. The van der Waals surface area contributed by atoms with Gasteiger partial charge in [-0.1, -0.05) is 17.8 Å². The van der Waals surface area contributed by atoms with Gasteiger partial charge in [0.15, 0.2) is 11.9 Å². The fourth-order valence-electron chi connectivity index (χ4n) is 2.83. The molecule has 0 unspecified atom stereocenters. The van der Waals surface area contributed by atoms with Crippen molar-refractivity contribution in [2.24, 2.45) is 7.05 Å². The number of aromatic nitrogens is 3. The standard InChI is InChI=1S/C17H16N4O4S2/c1-20-15(7-14-3-2-4-26-14)18-19-17(20)27-9-12-6-13(21(22)23)5-11-8-24-10-25-16(11)12/h2-6H,7-10H2,1H3. The Labute approximate surface area is 163 Å². The molecule has 2 aromatic heterocycles. The van der Waals surface area contributed by atoms with Crippen LogP contribution in [0.3, 0.4) is 0 Å². The summed E-state index contributed by atoms with van der Waals surface area (Å²) in [6.45, 7) is 0.459. The molecule has 27 heavy (non-hydrogen) atoms. The average Bonchev–Trinajstić information content (AvgIpc) is 3.30. The monoisotopic (exact) mass is 404 g/mol.